The van der Waals surface area contributed by atoms with E-state index in [-0.39, 0.29) is 16.4 Å². The van der Waals surface area contributed by atoms with E-state index >= 15 is 8.78 Å². The van der Waals surface area contributed by atoms with Crippen molar-refractivity contribution in [3.8, 4) is 0 Å². The Morgan fingerprint density at radius 3 is 2.64 bits per heavy atom. The van der Waals surface area contributed by atoms with E-state index in [2.05, 4.69) is 14.7 Å². The van der Waals surface area contributed by atoms with Crippen LogP contribution >= 0.6 is 11.8 Å². The predicted molar refractivity (Wildman–Crippen MR) is 86.3 cm³/mol. The number of amidine groups is 1. The highest BCUT2D eigenvalue weighted by Gasteiger charge is 2.69. The first-order valence-corrected chi connectivity index (χ1v) is 8.54. The molecule has 0 bridgehead atoms. The molecule has 25 heavy (non-hydrogen) atoms. The lowest BCUT2D eigenvalue weighted by Crippen LogP contribution is -2.54. The first-order chi connectivity index (χ1) is 11.7. The van der Waals surface area contributed by atoms with Crippen molar-refractivity contribution in [3.05, 3.63) is 34.9 Å². The molecule has 4 nitrogen and oxygen atoms in total. The van der Waals surface area contributed by atoms with Gasteiger partial charge in [-0.15, -0.1) is 0 Å². The molecule has 1 aliphatic heterocycles. The Balaban J connectivity index is 2.37. The lowest BCUT2D eigenvalue weighted by Gasteiger charge is -2.39. The minimum Gasteiger partial charge on any atom is -0.468 e. The second-order valence-corrected chi connectivity index (χ2v) is 6.62. The number of hydrogen-bond donors (Lipinski definition) is 0. The van der Waals surface area contributed by atoms with Crippen LogP contribution in [0, 0.1) is 17.6 Å². The lowest BCUT2D eigenvalue weighted by atomic mass is 9.74. The largest absolute Gasteiger partial charge is 0.468 e. The van der Waals surface area contributed by atoms with Gasteiger partial charge in [0.15, 0.2) is 22.3 Å². The second-order valence-electron chi connectivity index (χ2n) is 5.84. The molecule has 0 saturated carbocycles. The average Bonchev–Trinajstić information content (AvgIpc) is 2.78. The van der Waals surface area contributed by atoms with Crippen molar-refractivity contribution >= 4 is 28.6 Å². The third-order valence-corrected chi connectivity index (χ3v) is 5.11. The Hall–Kier alpha value is -1.90. The first kappa shape index (κ1) is 17.9. The van der Waals surface area contributed by atoms with Gasteiger partial charge in [-0.1, -0.05) is 17.8 Å². The lowest BCUT2D eigenvalue weighted by molar-refractivity contribution is -0.153. The Morgan fingerprint density at radius 2 is 2.04 bits per heavy atom. The normalized spacial score (nSPS) is 26.9. The van der Waals surface area contributed by atoms with Gasteiger partial charge < -0.3 is 4.74 Å². The van der Waals surface area contributed by atoms with E-state index < -0.39 is 47.0 Å². The standard InChI is InChI=1S/C16H14F4N2O2S/c1-7-11(13(23)24-2)16(22-14(21-7)25-3)9-4-5-10(17)12(18)8(9)6-15(16,19)20/h4-5,11H,6H2,1-3H3. The number of methoxy groups -OCH3 is 1. The van der Waals surface area contributed by atoms with Gasteiger partial charge in [0.2, 0.25) is 0 Å². The van der Waals surface area contributed by atoms with Crippen molar-refractivity contribution in [2.45, 2.75) is 24.8 Å². The average molecular weight is 374 g/mol. The van der Waals surface area contributed by atoms with Gasteiger partial charge in [0, 0.05) is 17.7 Å². The monoisotopic (exact) mass is 374 g/mol. The van der Waals surface area contributed by atoms with E-state index in [0.717, 1.165) is 31.0 Å². The molecule has 9 heteroatoms. The molecule has 0 radical (unpaired) electrons. The van der Waals surface area contributed by atoms with Gasteiger partial charge in [-0.2, -0.15) is 0 Å². The summed E-state index contributed by atoms with van der Waals surface area (Å²) >= 11 is 1.02. The van der Waals surface area contributed by atoms with Crippen LogP contribution in [-0.2, 0) is 21.5 Å². The van der Waals surface area contributed by atoms with Gasteiger partial charge in [-0.3, -0.25) is 4.79 Å². The smallest absolute Gasteiger partial charge is 0.317 e. The van der Waals surface area contributed by atoms with Gasteiger partial charge in [0.25, 0.3) is 5.92 Å². The van der Waals surface area contributed by atoms with E-state index in [9.17, 15) is 13.6 Å². The van der Waals surface area contributed by atoms with Gasteiger partial charge in [0.1, 0.15) is 5.92 Å². The predicted octanol–water partition coefficient (Wildman–Crippen LogP) is 3.33. The molecular formula is C16H14F4N2O2S. The van der Waals surface area contributed by atoms with E-state index in [0.29, 0.717) is 0 Å². The molecule has 0 saturated heterocycles. The summed E-state index contributed by atoms with van der Waals surface area (Å²) in [5.74, 6) is -8.69. The zero-order valence-electron chi connectivity index (χ0n) is 13.6. The topological polar surface area (TPSA) is 51.0 Å². The van der Waals surface area contributed by atoms with E-state index in [4.69, 9.17) is 0 Å². The van der Waals surface area contributed by atoms with E-state index in [1.54, 1.807) is 6.26 Å². The third-order valence-electron chi connectivity index (χ3n) is 4.56. The van der Waals surface area contributed by atoms with E-state index in [1.807, 2.05) is 0 Å². The molecule has 134 valence electrons. The van der Waals surface area contributed by atoms with Crippen LogP contribution in [0.2, 0.25) is 0 Å². The molecule has 0 amide bonds. The molecular weight excluding hydrogens is 360 g/mol. The minimum absolute atomic E-state index is 0.0370. The van der Waals surface area contributed by atoms with Gasteiger partial charge in [-0.25, -0.2) is 27.5 Å². The Labute approximate surface area is 145 Å². The highest BCUT2D eigenvalue weighted by Crippen LogP contribution is 2.57. The number of hydrogen-bond acceptors (Lipinski definition) is 5. The highest BCUT2D eigenvalue weighted by molar-refractivity contribution is 8.13. The summed E-state index contributed by atoms with van der Waals surface area (Å²) in [4.78, 5) is 20.4. The quantitative estimate of drug-likeness (QED) is 0.560. The molecule has 1 spiro atoms. The molecule has 2 atom stereocenters. The molecule has 1 heterocycles. The fourth-order valence-electron chi connectivity index (χ4n) is 3.49. The SMILES string of the molecule is COC(=O)C1C(C)=NC(SC)=NC12c1ccc(F)c(F)c1CC2(F)F. The summed E-state index contributed by atoms with van der Waals surface area (Å²) in [6.07, 6.45) is 0.541. The first-order valence-electron chi connectivity index (χ1n) is 7.31. The van der Waals surface area contributed by atoms with Crippen molar-refractivity contribution in [1.82, 2.24) is 0 Å². The zero-order chi connectivity index (χ0) is 18.6. The summed E-state index contributed by atoms with van der Waals surface area (Å²) in [7, 11) is 1.07. The number of carbonyl (C=O) groups excluding carboxylic acids is 1. The molecule has 0 aromatic heterocycles. The van der Waals surface area contributed by atoms with Crippen molar-refractivity contribution < 1.29 is 27.1 Å². The number of thioether (sulfide) groups is 1. The maximum absolute atomic E-state index is 15.2. The Morgan fingerprint density at radius 1 is 1.36 bits per heavy atom. The van der Waals surface area contributed by atoms with Crippen LogP contribution in [0.25, 0.3) is 0 Å². The summed E-state index contributed by atoms with van der Waals surface area (Å²) in [5, 5.41) is 0.0370. The number of halogens is 4. The molecule has 2 aliphatic rings. The van der Waals surface area contributed by atoms with Gasteiger partial charge >= 0.3 is 5.97 Å². The zero-order valence-corrected chi connectivity index (χ0v) is 14.4. The summed E-state index contributed by atoms with van der Waals surface area (Å²) in [6.45, 7) is 1.42. The van der Waals surface area contributed by atoms with Crippen molar-refractivity contribution in [1.29, 1.82) is 0 Å². The summed E-state index contributed by atoms with van der Waals surface area (Å²) in [6, 6.07) is 1.83. The summed E-state index contributed by atoms with van der Waals surface area (Å²) in [5.41, 5.74) is -3.01. The van der Waals surface area contributed by atoms with Crippen molar-refractivity contribution in [2.24, 2.45) is 15.9 Å². The molecule has 0 fully saturated rings. The fourth-order valence-corrected chi connectivity index (χ4v) is 3.96. The molecule has 1 aliphatic carbocycles. The van der Waals surface area contributed by atoms with E-state index in [1.165, 1.54) is 6.92 Å². The maximum atomic E-state index is 15.2. The number of nitrogens with zero attached hydrogens (tertiary/aromatic N) is 2. The minimum atomic E-state index is -3.62. The second kappa shape index (κ2) is 5.82. The summed E-state index contributed by atoms with van der Waals surface area (Å²) < 4.78 is 62.7. The number of benzene rings is 1. The molecule has 1 aromatic rings. The molecule has 2 unspecified atom stereocenters. The van der Waals surface area contributed by atoms with Crippen LogP contribution < -0.4 is 0 Å². The van der Waals surface area contributed by atoms with Crippen molar-refractivity contribution in [2.75, 3.05) is 13.4 Å². The molecule has 3 rings (SSSR count). The fraction of sp³-hybridized carbons (Fsp3) is 0.438. The van der Waals surface area contributed by atoms with Crippen LogP contribution in [0.5, 0.6) is 0 Å². The van der Waals surface area contributed by atoms with Crippen molar-refractivity contribution in [3.63, 3.8) is 0 Å². The maximum Gasteiger partial charge on any atom is 0.317 e. The Kier molecular flexibility index (Phi) is 4.17. The number of rotatable bonds is 1. The van der Waals surface area contributed by atoms with Crippen LogP contribution in [0.3, 0.4) is 0 Å². The van der Waals surface area contributed by atoms with Crippen LogP contribution in [0.4, 0.5) is 17.6 Å². The van der Waals surface area contributed by atoms with Crippen LogP contribution in [-0.4, -0.2) is 36.1 Å². The Bertz CT molecular complexity index is 825. The number of alkyl halides is 2. The number of esters is 1. The third kappa shape index (κ3) is 2.32. The molecule has 0 N–H and O–H groups in total. The number of carbonyl (C=O) groups is 1. The van der Waals surface area contributed by atoms with Crippen LogP contribution in [0.15, 0.2) is 22.1 Å². The molecule has 1 aromatic carbocycles. The van der Waals surface area contributed by atoms with Gasteiger partial charge in [-0.05, 0) is 24.8 Å². The highest BCUT2D eigenvalue weighted by atomic mass is 32.2. The van der Waals surface area contributed by atoms with Crippen LogP contribution in [0.1, 0.15) is 18.1 Å². The number of fused-ring (bicyclic) bond motifs is 2. The number of ether oxygens (including phenoxy) is 1. The van der Waals surface area contributed by atoms with Gasteiger partial charge in [0.05, 0.1) is 7.11 Å². The number of aliphatic imine (C=N–C) groups is 2.